The maximum absolute atomic E-state index is 5.23. The minimum Gasteiger partial charge on any atom is -0.497 e. The van der Waals surface area contributed by atoms with Crippen molar-refractivity contribution in [1.29, 1.82) is 0 Å². The third-order valence-corrected chi connectivity index (χ3v) is 3.63. The molecule has 0 spiro atoms. The van der Waals surface area contributed by atoms with Gasteiger partial charge in [-0.1, -0.05) is 6.07 Å². The van der Waals surface area contributed by atoms with Crippen molar-refractivity contribution < 1.29 is 4.74 Å². The fraction of sp³-hybridized carbons (Fsp3) is 0.267. The highest BCUT2D eigenvalue weighted by atomic mass is 16.5. The van der Waals surface area contributed by atoms with Crippen molar-refractivity contribution >= 4 is 22.7 Å². The molecular formula is C15H15N5O. The topological polar surface area (TPSA) is 64.9 Å². The van der Waals surface area contributed by atoms with Gasteiger partial charge >= 0.3 is 0 Å². The Hall–Kier alpha value is -2.63. The highest BCUT2D eigenvalue weighted by Gasteiger charge is 2.26. The summed E-state index contributed by atoms with van der Waals surface area (Å²) in [5, 5.41) is 3.29. The minimum atomic E-state index is 0.551. The second kappa shape index (κ2) is 4.73. The van der Waals surface area contributed by atoms with E-state index in [1.165, 1.54) is 12.8 Å². The van der Waals surface area contributed by atoms with E-state index in [-0.39, 0.29) is 0 Å². The lowest BCUT2D eigenvalue weighted by atomic mass is 10.3. The zero-order chi connectivity index (χ0) is 14.2. The lowest BCUT2D eigenvalue weighted by Crippen LogP contribution is -1.98. The number of rotatable bonds is 4. The van der Waals surface area contributed by atoms with Crippen LogP contribution in [0.5, 0.6) is 5.75 Å². The van der Waals surface area contributed by atoms with Gasteiger partial charge in [0.25, 0.3) is 0 Å². The second-order valence-electron chi connectivity index (χ2n) is 5.13. The van der Waals surface area contributed by atoms with E-state index in [1.54, 1.807) is 13.4 Å². The molecule has 4 rings (SSSR count). The number of ether oxygens (including phenoxy) is 1. The van der Waals surface area contributed by atoms with Crippen LogP contribution in [0.15, 0.2) is 36.9 Å². The van der Waals surface area contributed by atoms with E-state index in [0.29, 0.717) is 11.9 Å². The molecule has 6 nitrogen and oxygen atoms in total. The Morgan fingerprint density at radius 2 is 2.14 bits per heavy atom. The summed E-state index contributed by atoms with van der Waals surface area (Å²) in [5.74, 6) is 1.52. The number of nitrogens with zero attached hydrogens (tertiary/aromatic N) is 4. The van der Waals surface area contributed by atoms with Crippen LogP contribution in [0.25, 0.3) is 11.2 Å². The molecule has 106 valence electrons. The van der Waals surface area contributed by atoms with Crippen molar-refractivity contribution in [1.82, 2.24) is 19.5 Å². The van der Waals surface area contributed by atoms with Crippen molar-refractivity contribution in [2.75, 3.05) is 12.4 Å². The Labute approximate surface area is 121 Å². The summed E-state index contributed by atoms with van der Waals surface area (Å²) in [6, 6.07) is 8.28. The molecule has 0 aliphatic heterocycles. The summed E-state index contributed by atoms with van der Waals surface area (Å²) >= 11 is 0. The Balaban J connectivity index is 1.72. The predicted molar refractivity (Wildman–Crippen MR) is 79.9 cm³/mol. The van der Waals surface area contributed by atoms with E-state index in [9.17, 15) is 0 Å². The summed E-state index contributed by atoms with van der Waals surface area (Å²) in [6.45, 7) is 0. The van der Waals surface area contributed by atoms with Crippen molar-refractivity contribution in [3.05, 3.63) is 36.9 Å². The van der Waals surface area contributed by atoms with Crippen LogP contribution in [-0.2, 0) is 0 Å². The Kier molecular flexibility index (Phi) is 2.73. The standard InChI is InChI=1S/C15H15N5O/c1-21-12-4-2-3-10(7-12)19-14-13-15(17-8-16-14)20(9-18-13)11-5-6-11/h2-4,7-9,11H,5-6H2,1H3,(H,16,17,19). The molecule has 1 aliphatic rings. The molecule has 1 saturated carbocycles. The third-order valence-electron chi connectivity index (χ3n) is 3.63. The molecular weight excluding hydrogens is 266 g/mol. The normalized spacial score (nSPS) is 14.3. The molecule has 6 heteroatoms. The third kappa shape index (κ3) is 2.18. The quantitative estimate of drug-likeness (QED) is 0.796. The Morgan fingerprint density at radius 3 is 2.95 bits per heavy atom. The van der Waals surface area contributed by atoms with Gasteiger partial charge in [-0.25, -0.2) is 15.0 Å². The SMILES string of the molecule is COc1cccc(Nc2ncnc3c2ncn3C2CC2)c1. The maximum Gasteiger partial charge on any atom is 0.165 e. The number of benzene rings is 1. The van der Waals surface area contributed by atoms with Crippen molar-refractivity contribution in [2.24, 2.45) is 0 Å². The predicted octanol–water partition coefficient (Wildman–Crippen LogP) is 2.91. The molecule has 0 atom stereocenters. The van der Waals surface area contributed by atoms with Crippen molar-refractivity contribution in [3.63, 3.8) is 0 Å². The first-order valence-electron chi connectivity index (χ1n) is 6.94. The summed E-state index contributed by atoms with van der Waals surface area (Å²) in [7, 11) is 1.65. The molecule has 21 heavy (non-hydrogen) atoms. The van der Waals surface area contributed by atoms with Gasteiger partial charge in [0, 0.05) is 17.8 Å². The van der Waals surface area contributed by atoms with Gasteiger partial charge in [0.15, 0.2) is 17.0 Å². The van der Waals surface area contributed by atoms with Gasteiger partial charge in [-0.2, -0.15) is 0 Å². The number of nitrogens with one attached hydrogen (secondary N) is 1. The van der Waals surface area contributed by atoms with Gasteiger partial charge in [0.2, 0.25) is 0 Å². The van der Waals surface area contributed by atoms with Crippen LogP contribution >= 0.6 is 0 Å². The smallest absolute Gasteiger partial charge is 0.165 e. The molecule has 1 aliphatic carbocycles. The summed E-state index contributed by atoms with van der Waals surface area (Å²) < 4.78 is 7.36. The average molecular weight is 281 g/mol. The molecule has 0 bridgehead atoms. The van der Waals surface area contributed by atoms with Gasteiger partial charge < -0.3 is 14.6 Å². The summed E-state index contributed by atoms with van der Waals surface area (Å²) in [6.07, 6.45) is 5.83. The van der Waals surface area contributed by atoms with Crippen LogP contribution < -0.4 is 10.1 Å². The number of hydrogen-bond donors (Lipinski definition) is 1. The Bertz CT molecular complexity index is 794. The van der Waals surface area contributed by atoms with Crippen LogP contribution in [0, 0.1) is 0 Å². The molecule has 2 aromatic heterocycles. The molecule has 1 fully saturated rings. The highest BCUT2D eigenvalue weighted by molar-refractivity contribution is 5.85. The van der Waals surface area contributed by atoms with Gasteiger partial charge in [-0.05, 0) is 25.0 Å². The monoisotopic (exact) mass is 281 g/mol. The van der Waals surface area contributed by atoms with Crippen LogP contribution in [0.4, 0.5) is 11.5 Å². The van der Waals surface area contributed by atoms with Gasteiger partial charge in [-0.3, -0.25) is 0 Å². The Morgan fingerprint density at radius 1 is 1.24 bits per heavy atom. The zero-order valence-electron chi connectivity index (χ0n) is 11.7. The molecule has 0 radical (unpaired) electrons. The highest BCUT2D eigenvalue weighted by Crippen LogP contribution is 2.37. The van der Waals surface area contributed by atoms with E-state index in [1.807, 2.05) is 30.6 Å². The van der Waals surface area contributed by atoms with E-state index in [0.717, 1.165) is 22.6 Å². The van der Waals surface area contributed by atoms with Crippen LogP contribution in [0.2, 0.25) is 0 Å². The lowest BCUT2D eigenvalue weighted by Gasteiger charge is -2.07. The number of methoxy groups -OCH3 is 1. The van der Waals surface area contributed by atoms with Crippen molar-refractivity contribution in [2.45, 2.75) is 18.9 Å². The van der Waals surface area contributed by atoms with Crippen LogP contribution in [-0.4, -0.2) is 26.6 Å². The first-order chi connectivity index (χ1) is 10.3. The van der Waals surface area contributed by atoms with E-state index < -0.39 is 0 Å². The van der Waals surface area contributed by atoms with Gasteiger partial charge in [0.05, 0.1) is 13.4 Å². The molecule has 0 unspecified atom stereocenters. The fourth-order valence-electron chi connectivity index (χ4n) is 2.40. The molecule has 1 aromatic carbocycles. The fourth-order valence-corrected chi connectivity index (χ4v) is 2.40. The van der Waals surface area contributed by atoms with Gasteiger partial charge in [-0.15, -0.1) is 0 Å². The average Bonchev–Trinajstić information content (AvgIpc) is 3.27. The lowest BCUT2D eigenvalue weighted by molar-refractivity contribution is 0.415. The van der Waals surface area contributed by atoms with E-state index >= 15 is 0 Å². The number of anilines is 2. The number of aromatic nitrogens is 4. The summed E-state index contributed by atoms with van der Waals surface area (Å²) in [4.78, 5) is 13.1. The first kappa shape index (κ1) is 12.1. The van der Waals surface area contributed by atoms with Crippen molar-refractivity contribution in [3.8, 4) is 5.75 Å². The first-order valence-corrected chi connectivity index (χ1v) is 6.94. The molecule has 1 N–H and O–H groups in total. The van der Waals surface area contributed by atoms with Gasteiger partial charge in [0.1, 0.15) is 12.1 Å². The second-order valence-corrected chi connectivity index (χ2v) is 5.13. The molecule has 3 aromatic rings. The molecule has 0 amide bonds. The summed E-state index contributed by atoms with van der Waals surface area (Å²) in [5.41, 5.74) is 2.60. The minimum absolute atomic E-state index is 0.551. The molecule has 2 heterocycles. The van der Waals surface area contributed by atoms with E-state index in [4.69, 9.17) is 4.74 Å². The largest absolute Gasteiger partial charge is 0.497 e. The van der Waals surface area contributed by atoms with Crippen LogP contribution in [0.3, 0.4) is 0 Å². The number of hydrogen-bond acceptors (Lipinski definition) is 5. The zero-order valence-corrected chi connectivity index (χ0v) is 11.7. The maximum atomic E-state index is 5.23. The number of imidazole rings is 1. The van der Waals surface area contributed by atoms with E-state index in [2.05, 4.69) is 24.8 Å². The number of fused-ring (bicyclic) bond motifs is 1. The molecule has 0 saturated heterocycles. The van der Waals surface area contributed by atoms with Crippen LogP contribution in [0.1, 0.15) is 18.9 Å².